The van der Waals surface area contributed by atoms with Crippen LogP contribution in [0.1, 0.15) is 93.4 Å². The van der Waals surface area contributed by atoms with Crippen LogP contribution in [0, 0.1) is 45.3 Å². The normalized spacial score (nSPS) is 39.7. The minimum absolute atomic E-state index is 0.0170. The van der Waals surface area contributed by atoms with E-state index in [1.807, 2.05) is 6.92 Å². The van der Waals surface area contributed by atoms with Gasteiger partial charge in [0.15, 0.2) is 12.4 Å². The number of terminal acetylenes is 1. The Morgan fingerprint density at radius 2 is 1.76 bits per heavy atom. The molecule has 41 heavy (non-hydrogen) atoms. The first kappa shape index (κ1) is 29.4. The molecule has 0 saturated heterocycles. The van der Waals surface area contributed by atoms with E-state index in [4.69, 9.17) is 15.9 Å². The lowest BCUT2D eigenvalue weighted by molar-refractivity contribution is -0.181. The van der Waals surface area contributed by atoms with Gasteiger partial charge in [-0.25, -0.2) is 4.79 Å². The van der Waals surface area contributed by atoms with Gasteiger partial charge in [-0.05, 0) is 105 Å². The van der Waals surface area contributed by atoms with Crippen molar-refractivity contribution < 1.29 is 23.9 Å². The van der Waals surface area contributed by atoms with Crippen molar-refractivity contribution in [3.05, 3.63) is 58.4 Å². The van der Waals surface area contributed by atoms with Gasteiger partial charge in [0.1, 0.15) is 0 Å². The summed E-state index contributed by atoms with van der Waals surface area (Å²) in [7, 11) is 0. The third-order valence-electron chi connectivity index (χ3n) is 12.1. The highest BCUT2D eigenvalue weighted by molar-refractivity contribution is 6.08. The molecule has 218 valence electrons. The Hall–Kier alpha value is -3.13. The largest absolute Gasteiger partial charge is 0.452 e. The Bertz CT molecular complexity index is 1410. The third kappa shape index (κ3) is 4.16. The predicted octanol–water partition coefficient (Wildman–Crippen LogP) is 7.35. The van der Waals surface area contributed by atoms with Crippen molar-refractivity contribution in [3.8, 4) is 12.3 Å². The van der Waals surface area contributed by atoms with Gasteiger partial charge in [-0.1, -0.05) is 57.4 Å². The van der Waals surface area contributed by atoms with Crippen LogP contribution in [-0.4, -0.2) is 24.3 Å². The molecule has 6 atom stereocenters. The van der Waals surface area contributed by atoms with Gasteiger partial charge in [0, 0.05) is 17.1 Å². The maximum atomic E-state index is 13.3. The molecule has 3 fully saturated rings. The van der Waals surface area contributed by atoms with E-state index in [0.29, 0.717) is 11.5 Å². The summed E-state index contributed by atoms with van der Waals surface area (Å²) in [4.78, 5) is 38.7. The molecule has 0 spiro atoms. The molecule has 5 nitrogen and oxygen atoms in total. The summed E-state index contributed by atoms with van der Waals surface area (Å²) in [5.41, 5.74) is 3.30. The van der Waals surface area contributed by atoms with Gasteiger partial charge < -0.3 is 9.47 Å². The number of esters is 2. The Morgan fingerprint density at radius 1 is 1.05 bits per heavy atom. The van der Waals surface area contributed by atoms with E-state index in [0.717, 1.165) is 56.1 Å². The first-order valence-corrected chi connectivity index (χ1v) is 15.1. The predicted molar refractivity (Wildman–Crippen MR) is 159 cm³/mol. The smallest absolute Gasteiger partial charge is 0.335 e. The molecule has 3 saturated carbocycles. The van der Waals surface area contributed by atoms with E-state index >= 15 is 0 Å². The van der Waals surface area contributed by atoms with Crippen LogP contribution in [0.3, 0.4) is 0 Å². The maximum Gasteiger partial charge on any atom is 0.335 e. The standard InChI is InChI=1S/C36H44O5/c1-9-11-29(38)41-30-23(3)24-12-13-27-34(6,25(24)21-26(30)37)17-19-36(8)28-22-33(5,31(39)40-20-10-2)15-14-32(28,4)16-18-35(27,36)7/h2,9,11-13,21,28H,14-20,22H2,1,3-8H3/b11-9+/t28-,32-,33-,34+,35-,36+/m1/s1. The molecular formula is C36H44O5. The van der Waals surface area contributed by atoms with Crippen LogP contribution in [0.15, 0.2) is 58.4 Å². The number of fused-ring (bicyclic) bond motifs is 7. The number of ketones is 1. The van der Waals surface area contributed by atoms with Crippen molar-refractivity contribution in [2.45, 2.75) is 93.4 Å². The third-order valence-corrected chi connectivity index (χ3v) is 12.1. The quantitative estimate of drug-likeness (QED) is 0.206. The van der Waals surface area contributed by atoms with Crippen molar-refractivity contribution in [2.24, 2.45) is 33.0 Å². The lowest BCUT2D eigenvalue weighted by Crippen LogP contribution is -2.62. The summed E-state index contributed by atoms with van der Waals surface area (Å²) >= 11 is 0. The summed E-state index contributed by atoms with van der Waals surface area (Å²) in [6.45, 7) is 15.3. The van der Waals surface area contributed by atoms with E-state index in [-0.39, 0.29) is 45.8 Å². The van der Waals surface area contributed by atoms with Crippen LogP contribution in [0.5, 0.6) is 0 Å². The second kappa shape index (κ2) is 9.72. The molecule has 0 bridgehead atoms. The molecule has 0 N–H and O–H groups in total. The Labute approximate surface area is 245 Å². The molecule has 0 aliphatic heterocycles. The Balaban J connectivity index is 1.55. The first-order chi connectivity index (χ1) is 19.2. The molecule has 0 heterocycles. The number of allylic oxidation sites excluding steroid dienone is 8. The molecule has 0 aromatic rings. The van der Waals surface area contributed by atoms with Crippen molar-refractivity contribution >= 4 is 17.7 Å². The van der Waals surface area contributed by atoms with Gasteiger partial charge in [-0.15, -0.1) is 6.42 Å². The van der Waals surface area contributed by atoms with Gasteiger partial charge in [-0.3, -0.25) is 9.59 Å². The van der Waals surface area contributed by atoms with Gasteiger partial charge >= 0.3 is 11.9 Å². The van der Waals surface area contributed by atoms with Crippen molar-refractivity contribution in [2.75, 3.05) is 6.61 Å². The molecule has 0 aromatic heterocycles. The van der Waals surface area contributed by atoms with Crippen molar-refractivity contribution in [1.29, 1.82) is 0 Å². The molecule has 5 rings (SSSR count). The lowest BCUT2D eigenvalue weighted by atomic mass is 9.34. The van der Waals surface area contributed by atoms with Gasteiger partial charge in [-0.2, -0.15) is 0 Å². The monoisotopic (exact) mass is 556 g/mol. The molecule has 0 radical (unpaired) electrons. The highest BCUT2D eigenvalue weighted by atomic mass is 16.5. The summed E-state index contributed by atoms with van der Waals surface area (Å²) in [6, 6.07) is 0. The van der Waals surface area contributed by atoms with Crippen molar-refractivity contribution in [3.63, 3.8) is 0 Å². The molecule has 0 unspecified atom stereocenters. The zero-order valence-corrected chi connectivity index (χ0v) is 25.7. The van der Waals surface area contributed by atoms with Crippen LogP contribution in [0.25, 0.3) is 0 Å². The van der Waals surface area contributed by atoms with Gasteiger partial charge in [0.2, 0.25) is 5.78 Å². The average molecular weight is 557 g/mol. The van der Waals surface area contributed by atoms with E-state index in [1.165, 1.54) is 11.6 Å². The summed E-state index contributed by atoms with van der Waals surface area (Å²) in [6.07, 6.45) is 21.2. The van der Waals surface area contributed by atoms with Crippen LogP contribution in [-0.2, 0) is 23.9 Å². The molecule has 0 aromatic carbocycles. The summed E-state index contributed by atoms with van der Waals surface area (Å²) in [5.74, 6) is 1.94. The molecule has 5 heteroatoms. The number of carbonyl (C=O) groups is 3. The second-order valence-corrected chi connectivity index (χ2v) is 14.3. The van der Waals surface area contributed by atoms with E-state index in [1.54, 1.807) is 19.1 Å². The topological polar surface area (TPSA) is 69.7 Å². The number of ether oxygens (including phenoxy) is 2. The Morgan fingerprint density at radius 3 is 2.44 bits per heavy atom. The molecule has 5 aliphatic carbocycles. The molecular weight excluding hydrogens is 512 g/mol. The van der Waals surface area contributed by atoms with Crippen LogP contribution in [0.2, 0.25) is 0 Å². The zero-order chi connectivity index (χ0) is 30.0. The maximum absolute atomic E-state index is 13.3. The van der Waals surface area contributed by atoms with Gasteiger partial charge in [0.25, 0.3) is 0 Å². The fourth-order valence-corrected chi connectivity index (χ4v) is 9.31. The van der Waals surface area contributed by atoms with Crippen LogP contribution >= 0.6 is 0 Å². The fourth-order valence-electron chi connectivity index (χ4n) is 9.31. The highest BCUT2D eigenvalue weighted by Crippen LogP contribution is 2.75. The van der Waals surface area contributed by atoms with E-state index in [9.17, 15) is 14.4 Å². The first-order valence-electron chi connectivity index (χ1n) is 15.1. The number of carbonyl (C=O) groups excluding carboxylic acids is 3. The number of rotatable bonds is 4. The number of hydrogen-bond acceptors (Lipinski definition) is 5. The zero-order valence-electron chi connectivity index (χ0n) is 25.7. The Kier molecular flexibility index (Phi) is 6.96. The fraction of sp³-hybridized carbons (Fsp3) is 0.583. The second-order valence-electron chi connectivity index (χ2n) is 14.3. The minimum Gasteiger partial charge on any atom is -0.452 e. The van der Waals surface area contributed by atoms with E-state index in [2.05, 4.69) is 52.7 Å². The minimum atomic E-state index is -0.544. The van der Waals surface area contributed by atoms with Crippen LogP contribution in [0.4, 0.5) is 0 Å². The van der Waals surface area contributed by atoms with Gasteiger partial charge in [0.05, 0.1) is 5.41 Å². The van der Waals surface area contributed by atoms with Crippen molar-refractivity contribution in [1.82, 2.24) is 0 Å². The molecule has 0 amide bonds. The van der Waals surface area contributed by atoms with Crippen LogP contribution < -0.4 is 0 Å². The SMILES string of the molecule is C#CCOC(=O)[C@]1(C)CC[C@]2(C)CC[C@]3(C)C4=CC=C5C(=CC(=O)C(OC(=O)/C=C/C)=C5C)[C@]4(C)CC[C@@]3(C)[C@@H]2C1. The average Bonchev–Trinajstić information content (AvgIpc) is 2.92. The highest BCUT2D eigenvalue weighted by Gasteiger charge is 2.67. The number of hydrogen-bond donors (Lipinski definition) is 0. The lowest BCUT2D eigenvalue weighted by Gasteiger charge is -2.70. The summed E-state index contributed by atoms with van der Waals surface area (Å²) < 4.78 is 11.0. The van der Waals surface area contributed by atoms with E-state index < -0.39 is 11.4 Å². The summed E-state index contributed by atoms with van der Waals surface area (Å²) in [5, 5.41) is 0. The molecule has 5 aliphatic rings.